The summed E-state index contributed by atoms with van der Waals surface area (Å²) < 4.78 is 5.40. The van der Waals surface area contributed by atoms with Gasteiger partial charge < -0.3 is 9.84 Å². The Balaban J connectivity index is 2.73. The number of aryl methyl sites for hydroxylation is 1. The van der Waals surface area contributed by atoms with E-state index in [9.17, 15) is 5.11 Å². The fraction of sp³-hybridized carbons (Fsp3) is 0.538. The van der Waals surface area contributed by atoms with Gasteiger partial charge in [-0.05, 0) is 44.4 Å². The van der Waals surface area contributed by atoms with E-state index >= 15 is 0 Å². The lowest BCUT2D eigenvalue weighted by Gasteiger charge is -2.16. The van der Waals surface area contributed by atoms with Crippen LogP contribution in [0.25, 0.3) is 0 Å². The van der Waals surface area contributed by atoms with Gasteiger partial charge in [0.1, 0.15) is 6.10 Å². The molecule has 0 fully saturated rings. The Morgan fingerprint density at radius 1 is 1.27 bits per heavy atom. The summed E-state index contributed by atoms with van der Waals surface area (Å²) in [6.45, 7) is 8.38. The SMILES string of the molecule is Cc1cccc(C(O)COC(C)C)c1C. The average Bonchev–Trinajstić information content (AvgIpc) is 2.18. The molecule has 0 aromatic heterocycles. The van der Waals surface area contributed by atoms with Gasteiger partial charge >= 0.3 is 0 Å². The highest BCUT2D eigenvalue weighted by molar-refractivity contribution is 5.34. The van der Waals surface area contributed by atoms with Crippen LogP contribution in [0.5, 0.6) is 0 Å². The highest BCUT2D eigenvalue weighted by Gasteiger charge is 2.11. The molecule has 0 amide bonds. The van der Waals surface area contributed by atoms with Crippen molar-refractivity contribution in [1.29, 1.82) is 0 Å². The van der Waals surface area contributed by atoms with Gasteiger partial charge in [0.25, 0.3) is 0 Å². The monoisotopic (exact) mass is 208 g/mol. The molecule has 1 rings (SSSR count). The molecule has 0 saturated heterocycles. The predicted molar refractivity (Wildman–Crippen MR) is 62.0 cm³/mol. The van der Waals surface area contributed by atoms with Crippen molar-refractivity contribution in [3.05, 3.63) is 34.9 Å². The highest BCUT2D eigenvalue weighted by atomic mass is 16.5. The maximum absolute atomic E-state index is 9.95. The van der Waals surface area contributed by atoms with Crippen LogP contribution >= 0.6 is 0 Å². The topological polar surface area (TPSA) is 29.5 Å². The lowest BCUT2D eigenvalue weighted by Crippen LogP contribution is -2.13. The van der Waals surface area contributed by atoms with Crippen LogP contribution < -0.4 is 0 Å². The van der Waals surface area contributed by atoms with Gasteiger partial charge in [-0.25, -0.2) is 0 Å². The third kappa shape index (κ3) is 3.33. The minimum atomic E-state index is -0.521. The first-order valence-corrected chi connectivity index (χ1v) is 5.38. The van der Waals surface area contributed by atoms with Crippen molar-refractivity contribution in [2.24, 2.45) is 0 Å². The van der Waals surface area contributed by atoms with Crippen molar-refractivity contribution in [1.82, 2.24) is 0 Å². The lowest BCUT2D eigenvalue weighted by atomic mass is 9.99. The molecule has 0 aliphatic carbocycles. The van der Waals surface area contributed by atoms with Gasteiger partial charge in [-0.2, -0.15) is 0 Å². The Labute approximate surface area is 91.9 Å². The van der Waals surface area contributed by atoms with Crippen LogP contribution in [0.2, 0.25) is 0 Å². The molecule has 0 aliphatic heterocycles. The standard InChI is InChI=1S/C13H20O2/c1-9(2)15-8-13(14)12-7-5-6-10(3)11(12)4/h5-7,9,13-14H,8H2,1-4H3. The molecule has 1 N–H and O–H groups in total. The van der Waals surface area contributed by atoms with Gasteiger partial charge in [-0.1, -0.05) is 18.2 Å². The van der Waals surface area contributed by atoms with E-state index in [0.717, 1.165) is 11.1 Å². The molecular formula is C13H20O2. The Hall–Kier alpha value is -0.860. The quantitative estimate of drug-likeness (QED) is 0.824. The molecular weight excluding hydrogens is 188 g/mol. The number of aliphatic hydroxyl groups excluding tert-OH is 1. The van der Waals surface area contributed by atoms with Gasteiger partial charge in [0, 0.05) is 0 Å². The molecule has 1 atom stereocenters. The summed E-state index contributed by atoms with van der Waals surface area (Å²) in [7, 11) is 0. The van der Waals surface area contributed by atoms with Crippen LogP contribution in [0.3, 0.4) is 0 Å². The number of hydrogen-bond donors (Lipinski definition) is 1. The van der Waals surface area contributed by atoms with E-state index in [1.807, 2.05) is 32.9 Å². The van der Waals surface area contributed by atoms with Gasteiger partial charge in [0.05, 0.1) is 12.7 Å². The molecule has 0 radical (unpaired) electrons. The summed E-state index contributed by atoms with van der Waals surface area (Å²) in [6, 6.07) is 5.97. The van der Waals surface area contributed by atoms with Crippen LogP contribution in [-0.4, -0.2) is 17.8 Å². The second-order valence-electron chi connectivity index (χ2n) is 4.19. The summed E-state index contributed by atoms with van der Waals surface area (Å²) in [5, 5.41) is 9.95. The summed E-state index contributed by atoms with van der Waals surface area (Å²) in [4.78, 5) is 0. The minimum Gasteiger partial charge on any atom is -0.386 e. The first-order valence-electron chi connectivity index (χ1n) is 5.38. The van der Waals surface area contributed by atoms with E-state index in [4.69, 9.17) is 4.74 Å². The zero-order valence-corrected chi connectivity index (χ0v) is 9.95. The minimum absolute atomic E-state index is 0.157. The molecule has 0 saturated carbocycles. The molecule has 0 heterocycles. The zero-order chi connectivity index (χ0) is 11.4. The van der Waals surface area contributed by atoms with Gasteiger partial charge in [0.15, 0.2) is 0 Å². The number of ether oxygens (including phenoxy) is 1. The molecule has 2 heteroatoms. The summed E-state index contributed by atoms with van der Waals surface area (Å²) >= 11 is 0. The average molecular weight is 208 g/mol. The van der Waals surface area contributed by atoms with Crippen molar-refractivity contribution in [3.8, 4) is 0 Å². The maximum atomic E-state index is 9.95. The van der Waals surface area contributed by atoms with Crippen LogP contribution in [0.1, 0.15) is 36.6 Å². The first-order chi connectivity index (χ1) is 7.02. The van der Waals surface area contributed by atoms with Gasteiger partial charge in [-0.3, -0.25) is 0 Å². The fourth-order valence-electron chi connectivity index (χ4n) is 1.51. The third-order valence-electron chi connectivity index (χ3n) is 2.59. The van der Waals surface area contributed by atoms with Crippen molar-refractivity contribution < 1.29 is 9.84 Å². The normalized spacial score (nSPS) is 13.2. The molecule has 2 nitrogen and oxygen atoms in total. The van der Waals surface area contributed by atoms with Crippen LogP contribution in [0, 0.1) is 13.8 Å². The molecule has 0 spiro atoms. The Bertz CT molecular complexity index is 318. The molecule has 15 heavy (non-hydrogen) atoms. The molecule has 84 valence electrons. The summed E-state index contributed by atoms with van der Waals surface area (Å²) in [6.07, 6.45) is -0.364. The number of benzene rings is 1. The van der Waals surface area contributed by atoms with Crippen LogP contribution in [0.4, 0.5) is 0 Å². The fourth-order valence-corrected chi connectivity index (χ4v) is 1.51. The predicted octanol–water partition coefficient (Wildman–Crippen LogP) is 2.76. The largest absolute Gasteiger partial charge is 0.386 e. The first kappa shape index (κ1) is 12.2. The lowest BCUT2D eigenvalue weighted by molar-refractivity contribution is 0.00467. The van der Waals surface area contributed by atoms with E-state index in [2.05, 4.69) is 13.0 Å². The van der Waals surface area contributed by atoms with E-state index in [-0.39, 0.29) is 6.10 Å². The summed E-state index contributed by atoms with van der Waals surface area (Å²) in [5.74, 6) is 0. The maximum Gasteiger partial charge on any atom is 0.103 e. The smallest absolute Gasteiger partial charge is 0.103 e. The summed E-state index contributed by atoms with van der Waals surface area (Å²) in [5.41, 5.74) is 3.32. The van der Waals surface area contributed by atoms with Crippen LogP contribution in [0.15, 0.2) is 18.2 Å². The van der Waals surface area contributed by atoms with E-state index in [0.29, 0.717) is 6.61 Å². The molecule has 0 bridgehead atoms. The molecule has 0 aliphatic rings. The van der Waals surface area contributed by atoms with Crippen LogP contribution in [-0.2, 0) is 4.74 Å². The van der Waals surface area contributed by atoms with Crippen molar-refractivity contribution in [2.45, 2.75) is 39.9 Å². The third-order valence-corrected chi connectivity index (χ3v) is 2.59. The Kier molecular flexibility index (Phi) is 4.30. The second-order valence-corrected chi connectivity index (χ2v) is 4.19. The van der Waals surface area contributed by atoms with Crippen molar-refractivity contribution in [2.75, 3.05) is 6.61 Å². The van der Waals surface area contributed by atoms with Gasteiger partial charge in [0.2, 0.25) is 0 Å². The van der Waals surface area contributed by atoms with Gasteiger partial charge in [-0.15, -0.1) is 0 Å². The van der Waals surface area contributed by atoms with Crippen molar-refractivity contribution in [3.63, 3.8) is 0 Å². The molecule has 1 aromatic carbocycles. The van der Waals surface area contributed by atoms with E-state index < -0.39 is 6.10 Å². The molecule has 1 aromatic rings. The molecule has 1 unspecified atom stereocenters. The Morgan fingerprint density at radius 3 is 2.53 bits per heavy atom. The van der Waals surface area contributed by atoms with E-state index in [1.165, 1.54) is 5.56 Å². The Morgan fingerprint density at radius 2 is 1.93 bits per heavy atom. The van der Waals surface area contributed by atoms with Crippen molar-refractivity contribution >= 4 is 0 Å². The number of rotatable bonds is 4. The second kappa shape index (κ2) is 5.29. The zero-order valence-electron chi connectivity index (χ0n) is 9.95. The number of aliphatic hydroxyl groups is 1. The van der Waals surface area contributed by atoms with E-state index in [1.54, 1.807) is 0 Å². The number of hydrogen-bond acceptors (Lipinski definition) is 2. The highest BCUT2D eigenvalue weighted by Crippen LogP contribution is 2.20.